The molecular formula is C16H8Br2F6N6O. The van der Waals surface area contributed by atoms with Gasteiger partial charge < -0.3 is 10.6 Å². The zero-order chi connectivity index (χ0) is 23.0. The average Bonchev–Trinajstić information content (AvgIpc) is 3.18. The summed E-state index contributed by atoms with van der Waals surface area (Å²) in [5.74, 6) is 0.176. The summed E-state index contributed by atoms with van der Waals surface area (Å²) in [4.78, 5) is 12.3. The molecule has 1 aromatic heterocycles. The van der Waals surface area contributed by atoms with Crippen LogP contribution in [0.3, 0.4) is 0 Å². The number of carbonyl (C=O) groups excluding carboxylic acids is 1. The summed E-state index contributed by atoms with van der Waals surface area (Å²) in [5.41, 5.74) is -3.27. The van der Waals surface area contributed by atoms with Gasteiger partial charge in [-0.05, 0) is 67.4 Å². The maximum atomic E-state index is 13.0. The standard InChI is InChI=1S/C16H8Br2F6N6O/c17-10-2-1-9(13-27-29-30-28-13)11(18)12(10)26-14(31)25-8-4-6(15(19,20)21)3-7(5-8)16(22,23)24/h1-5H,(H2,25,26,31)(H,27,28,29,30). The molecule has 31 heavy (non-hydrogen) atoms. The molecule has 0 aliphatic heterocycles. The third kappa shape index (κ3) is 5.33. The number of aromatic amines is 1. The van der Waals surface area contributed by atoms with E-state index in [1.807, 2.05) is 5.32 Å². The fraction of sp³-hybridized carbons (Fsp3) is 0.125. The predicted molar refractivity (Wildman–Crippen MR) is 104 cm³/mol. The van der Waals surface area contributed by atoms with Crippen molar-refractivity contribution in [2.45, 2.75) is 12.4 Å². The van der Waals surface area contributed by atoms with Crippen molar-refractivity contribution in [3.8, 4) is 11.4 Å². The number of urea groups is 1. The number of carbonyl (C=O) groups is 1. The van der Waals surface area contributed by atoms with E-state index in [9.17, 15) is 31.1 Å². The topological polar surface area (TPSA) is 95.6 Å². The van der Waals surface area contributed by atoms with Gasteiger partial charge in [0.05, 0.1) is 21.3 Å². The Hall–Kier alpha value is -2.68. The molecule has 164 valence electrons. The highest BCUT2D eigenvalue weighted by molar-refractivity contribution is 9.11. The molecule has 0 unspecified atom stereocenters. The molecule has 2 aromatic carbocycles. The Morgan fingerprint density at radius 3 is 2.06 bits per heavy atom. The van der Waals surface area contributed by atoms with Crippen LogP contribution in [0.25, 0.3) is 11.4 Å². The minimum absolute atomic E-state index is 0.0371. The van der Waals surface area contributed by atoms with E-state index < -0.39 is 35.2 Å². The van der Waals surface area contributed by atoms with E-state index >= 15 is 0 Å². The van der Waals surface area contributed by atoms with E-state index in [0.717, 1.165) is 0 Å². The van der Waals surface area contributed by atoms with Crippen molar-refractivity contribution in [3.05, 3.63) is 50.4 Å². The smallest absolute Gasteiger partial charge is 0.308 e. The van der Waals surface area contributed by atoms with Gasteiger partial charge in [-0.3, -0.25) is 0 Å². The number of amides is 2. The molecule has 0 spiro atoms. The van der Waals surface area contributed by atoms with E-state index in [-0.39, 0.29) is 17.6 Å². The summed E-state index contributed by atoms with van der Waals surface area (Å²) in [6.07, 6.45) is -10.1. The zero-order valence-corrected chi connectivity index (χ0v) is 17.8. The summed E-state index contributed by atoms with van der Waals surface area (Å²) in [6, 6.07) is 2.79. The Balaban J connectivity index is 1.90. The van der Waals surface area contributed by atoms with Crippen LogP contribution in [0.1, 0.15) is 11.1 Å². The highest BCUT2D eigenvalue weighted by atomic mass is 79.9. The van der Waals surface area contributed by atoms with Crippen LogP contribution in [0.4, 0.5) is 42.5 Å². The first kappa shape index (κ1) is 23.0. The summed E-state index contributed by atoms with van der Waals surface area (Å²) >= 11 is 6.45. The van der Waals surface area contributed by atoms with Crippen LogP contribution in [0.15, 0.2) is 39.3 Å². The van der Waals surface area contributed by atoms with Gasteiger partial charge in [0.2, 0.25) is 5.82 Å². The van der Waals surface area contributed by atoms with E-state index in [1.54, 1.807) is 6.07 Å². The number of halogens is 8. The van der Waals surface area contributed by atoms with Crippen LogP contribution in [0.5, 0.6) is 0 Å². The van der Waals surface area contributed by atoms with Crippen molar-refractivity contribution in [1.82, 2.24) is 20.6 Å². The molecule has 15 heteroatoms. The average molecular weight is 574 g/mol. The quantitative estimate of drug-likeness (QED) is 0.331. The number of nitrogens with one attached hydrogen (secondary N) is 3. The van der Waals surface area contributed by atoms with Crippen molar-refractivity contribution >= 4 is 49.3 Å². The number of aromatic nitrogens is 4. The molecule has 1 heterocycles. The number of H-pyrrole nitrogens is 1. The van der Waals surface area contributed by atoms with Crippen LogP contribution in [-0.2, 0) is 12.4 Å². The van der Waals surface area contributed by atoms with Gasteiger partial charge >= 0.3 is 18.4 Å². The molecule has 3 aromatic rings. The molecule has 0 radical (unpaired) electrons. The van der Waals surface area contributed by atoms with Crippen molar-refractivity contribution in [2.24, 2.45) is 0 Å². The lowest BCUT2D eigenvalue weighted by Crippen LogP contribution is -2.21. The van der Waals surface area contributed by atoms with Crippen LogP contribution in [-0.4, -0.2) is 26.7 Å². The first-order chi connectivity index (χ1) is 14.4. The monoisotopic (exact) mass is 572 g/mol. The second-order valence-electron chi connectivity index (χ2n) is 5.89. The Kier molecular flexibility index (Phi) is 6.27. The van der Waals surface area contributed by atoms with E-state index in [2.05, 4.69) is 57.8 Å². The van der Waals surface area contributed by atoms with Crippen molar-refractivity contribution in [1.29, 1.82) is 0 Å². The third-order valence-corrected chi connectivity index (χ3v) is 5.25. The molecule has 0 aliphatic carbocycles. The van der Waals surface area contributed by atoms with Gasteiger partial charge in [0.1, 0.15) is 0 Å². The molecule has 3 rings (SSSR count). The number of tetrazole rings is 1. The molecule has 3 N–H and O–H groups in total. The van der Waals surface area contributed by atoms with Gasteiger partial charge in [0.25, 0.3) is 0 Å². The van der Waals surface area contributed by atoms with E-state index in [0.29, 0.717) is 26.6 Å². The van der Waals surface area contributed by atoms with Crippen molar-refractivity contribution in [2.75, 3.05) is 10.6 Å². The Labute approximate surface area is 185 Å². The predicted octanol–water partition coefficient (Wildman–Crippen LogP) is 6.07. The van der Waals surface area contributed by atoms with Gasteiger partial charge in [-0.25, -0.2) is 4.79 Å². The number of hydrogen-bond donors (Lipinski definition) is 3. The number of benzene rings is 2. The number of alkyl halides is 6. The molecular weight excluding hydrogens is 566 g/mol. The number of rotatable bonds is 3. The Bertz CT molecular complexity index is 1080. The van der Waals surface area contributed by atoms with Crippen LogP contribution in [0, 0.1) is 0 Å². The van der Waals surface area contributed by atoms with Gasteiger partial charge in [0, 0.05) is 15.7 Å². The molecule has 0 saturated carbocycles. The van der Waals surface area contributed by atoms with Crippen LogP contribution in [0.2, 0.25) is 0 Å². The van der Waals surface area contributed by atoms with Crippen molar-refractivity contribution in [3.63, 3.8) is 0 Å². The fourth-order valence-corrected chi connectivity index (χ4v) is 3.74. The largest absolute Gasteiger partial charge is 0.416 e. The lowest BCUT2D eigenvalue weighted by atomic mass is 10.1. The first-order valence-electron chi connectivity index (χ1n) is 7.95. The maximum Gasteiger partial charge on any atom is 0.416 e. The van der Waals surface area contributed by atoms with E-state index in [1.165, 1.54) is 6.07 Å². The van der Waals surface area contributed by atoms with Crippen LogP contribution < -0.4 is 10.6 Å². The molecule has 0 atom stereocenters. The molecule has 0 fully saturated rings. The van der Waals surface area contributed by atoms with Gasteiger partial charge in [-0.2, -0.15) is 31.6 Å². The first-order valence-corrected chi connectivity index (χ1v) is 9.54. The number of nitrogens with zero attached hydrogens (tertiary/aromatic N) is 3. The molecule has 0 bridgehead atoms. The maximum absolute atomic E-state index is 13.0. The highest BCUT2D eigenvalue weighted by Crippen LogP contribution is 2.39. The minimum atomic E-state index is -5.04. The lowest BCUT2D eigenvalue weighted by Gasteiger charge is -2.16. The van der Waals surface area contributed by atoms with E-state index in [4.69, 9.17) is 0 Å². The summed E-state index contributed by atoms with van der Waals surface area (Å²) in [7, 11) is 0. The number of anilines is 2. The second kappa shape index (κ2) is 8.45. The third-order valence-electron chi connectivity index (χ3n) is 3.76. The van der Waals surface area contributed by atoms with Gasteiger partial charge in [-0.1, -0.05) is 0 Å². The van der Waals surface area contributed by atoms with Crippen molar-refractivity contribution < 1.29 is 31.1 Å². The highest BCUT2D eigenvalue weighted by Gasteiger charge is 2.37. The SMILES string of the molecule is O=C(Nc1cc(C(F)(F)F)cc(C(F)(F)F)c1)Nc1c(Br)ccc(-c2nn[nH]n2)c1Br. The number of hydrogen-bond acceptors (Lipinski definition) is 4. The summed E-state index contributed by atoms with van der Waals surface area (Å²) in [6.45, 7) is 0. The summed E-state index contributed by atoms with van der Waals surface area (Å²) < 4.78 is 78.5. The normalized spacial score (nSPS) is 12.0. The fourth-order valence-electron chi connectivity index (χ4n) is 2.42. The summed E-state index contributed by atoms with van der Waals surface area (Å²) in [5, 5.41) is 17.6. The van der Waals surface area contributed by atoms with Gasteiger partial charge in [0.15, 0.2) is 0 Å². The second-order valence-corrected chi connectivity index (χ2v) is 7.54. The minimum Gasteiger partial charge on any atom is -0.308 e. The van der Waals surface area contributed by atoms with Crippen LogP contribution >= 0.6 is 31.9 Å². The van der Waals surface area contributed by atoms with Gasteiger partial charge in [-0.15, -0.1) is 10.2 Å². The molecule has 0 saturated heterocycles. The molecule has 0 aliphatic rings. The molecule has 2 amide bonds. The zero-order valence-electron chi connectivity index (χ0n) is 14.7. The Morgan fingerprint density at radius 1 is 0.935 bits per heavy atom. The lowest BCUT2D eigenvalue weighted by molar-refractivity contribution is -0.143. The Morgan fingerprint density at radius 2 is 1.55 bits per heavy atom. The molecule has 7 nitrogen and oxygen atoms in total.